The lowest BCUT2D eigenvalue weighted by atomic mass is 10.1. The Bertz CT molecular complexity index is 358. The Balaban J connectivity index is 2.47. The van der Waals surface area contributed by atoms with Gasteiger partial charge >= 0.3 is 5.97 Å². The molecule has 80 valence electrons. The van der Waals surface area contributed by atoms with Gasteiger partial charge in [0.15, 0.2) is 5.78 Å². The molecule has 15 heavy (non-hydrogen) atoms. The summed E-state index contributed by atoms with van der Waals surface area (Å²) in [6.45, 7) is -0.842. The van der Waals surface area contributed by atoms with Crippen molar-refractivity contribution in [1.29, 1.82) is 0 Å². The van der Waals surface area contributed by atoms with Crippen LogP contribution < -0.4 is 0 Å². The Labute approximate surface area is 85.3 Å². The normalized spacial score (nSPS) is 9.93. The first-order valence-electron chi connectivity index (χ1n) is 4.18. The third kappa shape index (κ3) is 3.86. The molecule has 0 atom stereocenters. The van der Waals surface area contributed by atoms with Crippen LogP contribution in [0, 0.1) is 5.82 Å². The van der Waals surface area contributed by atoms with Crippen LogP contribution in [0.25, 0.3) is 0 Å². The van der Waals surface area contributed by atoms with Gasteiger partial charge in [-0.3, -0.25) is 4.79 Å². The Morgan fingerprint density at radius 2 is 1.80 bits per heavy atom. The fourth-order valence-corrected chi connectivity index (χ4v) is 0.950. The Hall–Kier alpha value is -1.75. The molecule has 1 aromatic rings. The minimum atomic E-state index is -1.14. The molecule has 0 spiro atoms. The first-order chi connectivity index (χ1) is 7.09. The fraction of sp³-hybridized carbons (Fsp3) is 0.200. The summed E-state index contributed by atoms with van der Waals surface area (Å²) in [5.74, 6) is -1.95. The summed E-state index contributed by atoms with van der Waals surface area (Å²) in [4.78, 5) is 21.4. The minimum Gasteiger partial charge on any atom is -0.480 e. The number of carboxylic acid groups (broad SMARTS) is 1. The lowest BCUT2D eigenvalue weighted by Gasteiger charge is -2.00. The largest absolute Gasteiger partial charge is 0.480 e. The zero-order chi connectivity index (χ0) is 11.3. The molecule has 0 aliphatic heterocycles. The van der Waals surface area contributed by atoms with Gasteiger partial charge in [-0.2, -0.15) is 0 Å². The molecule has 0 unspecified atom stereocenters. The van der Waals surface area contributed by atoms with Crippen molar-refractivity contribution in [2.45, 2.75) is 0 Å². The van der Waals surface area contributed by atoms with Crippen molar-refractivity contribution in [2.75, 3.05) is 13.2 Å². The molecule has 1 N–H and O–H groups in total. The maximum absolute atomic E-state index is 12.5. The molecule has 5 heteroatoms. The second-order valence-electron chi connectivity index (χ2n) is 2.82. The molecule has 0 saturated carbocycles. The molecular formula is C10H9FO4. The Morgan fingerprint density at radius 3 is 2.33 bits per heavy atom. The van der Waals surface area contributed by atoms with Crippen LogP contribution >= 0.6 is 0 Å². The van der Waals surface area contributed by atoms with E-state index in [-0.39, 0.29) is 12.4 Å². The van der Waals surface area contributed by atoms with E-state index in [0.717, 1.165) is 12.1 Å². The Kier molecular flexibility index (Phi) is 3.93. The van der Waals surface area contributed by atoms with Crippen LogP contribution in [-0.4, -0.2) is 30.1 Å². The molecule has 0 aromatic heterocycles. The van der Waals surface area contributed by atoms with Crippen LogP contribution in [0.1, 0.15) is 10.4 Å². The second kappa shape index (κ2) is 5.21. The molecule has 1 aromatic carbocycles. The molecule has 4 nitrogen and oxygen atoms in total. The summed E-state index contributed by atoms with van der Waals surface area (Å²) in [6, 6.07) is 4.96. The summed E-state index contributed by atoms with van der Waals surface area (Å²) in [5.41, 5.74) is 0.293. The summed E-state index contributed by atoms with van der Waals surface area (Å²) < 4.78 is 17.1. The third-order valence-electron chi connectivity index (χ3n) is 1.62. The molecule has 0 bridgehead atoms. The number of ketones is 1. The number of rotatable bonds is 5. The molecule has 0 aliphatic rings. The van der Waals surface area contributed by atoms with Crippen molar-refractivity contribution in [3.05, 3.63) is 35.6 Å². The van der Waals surface area contributed by atoms with E-state index in [0.29, 0.717) is 5.56 Å². The topological polar surface area (TPSA) is 63.6 Å². The number of carboxylic acids is 1. The highest BCUT2D eigenvalue weighted by Crippen LogP contribution is 2.03. The summed E-state index contributed by atoms with van der Waals surface area (Å²) in [6.07, 6.45) is 0. The number of halogens is 1. The summed E-state index contributed by atoms with van der Waals surface area (Å²) >= 11 is 0. The summed E-state index contributed by atoms with van der Waals surface area (Å²) in [5, 5.41) is 8.25. The highest BCUT2D eigenvalue weighted by Gasteiger charge is 2.06. The van der Waals surface area contributed by atoms with Gasteiger partial charge in [-0.1, -0.05) is 0 Å². The van der Waals surface area contributed by atoms with E-state index in [1.54, 1.807) is 0 Å². The lowest BCUT2D eigenvalue weighted by molar-refractivity contribution is -0.141. The van der Waals surface area contributed by atoms with E-state index in [2.05, 4.69) is 4.74 Å². The summed E-state index contributed by atoms with van der Waals surface area (Å²) in [7, 11) is 0. The van der Waals surface area contributed by atoms with E-state index in [1.807, 2.05) is 0 Å². The monoisotopic (exact) mass is 212 g/mol. The van der Waals surface area contributed by atoms with Gasteiger partial charge in [0, 0.05) is 5.56 Å². The van der Waals surface area contributed by atoms with Crippen molar-refractivity contribution < 1.29 is 23.8 Å². The van der Waals surface area contributed by atoms with E-state index < -0.39 is 18.4 Å². The number of hydrogen-bond donors (Lipinski definition) is 1. The van der Waals surface area contributed by atoms with Gasteiger partial charge in [0.1, 0.15) is 19.0 Å². The highest BCUT2D eigenvalue weighted by molar-refractivity contribution is 5.97. The quantitative estimate of drug-likeness (QED) is 0.742. The van der Waals surface area contributed by atoms with Crippen LogP contribution in [0.15, 0.2) is 24.3 Å². The van der Waals surface area contributed by atoms with E-state index in [9.17, 15) is 14.0 Å². The molecule has 0 aliphatic carbocycles. The standard InChI is InChI=1S/C10H9FO4/c11-8-3-1-7(2-4-8)9(12)5-15-6-10(13)14/h1-4H,5-6H2,(H,13,14). The lowest BCUT2D eigenvalue weighted by Crippen LogP contribution is -2.14. The van der Waals surface area contributed by atoms with Crippen molar-refractivity contribution in [1.82, 2.24) is 0 Å². The van der Waals surface area contributed by atoms with Crippen LogP contribution in [0.5, 0.6) is 0 Å². The van der Waals surface area contributed by atoms with Crippen LogP contribution in [0.4, 0.5) is 4.39 Å². The molecule has 1 rings (SSSR count). The minimum absolute atomic E-state index is 0.293. The molecule has 0 radical (unpaired) electrons. The van der Waals surface area contributed by atoms with Crippen LogP contribution in [-0.2, 0) is 9.53 Å². The Morgan fingerprint density at radius 1 is 1.20 bits per heavy atom. The smallest absolute Gasteiger partial charge is 0.329 e. The molecule has 0 fully saturated rings. The van der Waals surface area contributed by atoms with Crippen molar-refractivity contribution >= 4 is 11.8 Å². The van der Waals surface area contributed by atoms with Crippen molar-refractivity contribution in [2.24, 2.45) is 0 Å². The van der Waals surface area contributed by atoms with Crippen LogP contribution in [0.3, 0.4) is 0 Å². The zero-order valence-corrected chi connectivity index (χ0v) is 7.77. The fourth-order valence-electron chi connectivity index (χ4n) is 0.950. The maximum atomic E-state index is 12.5. The van der Waals surface area contributed by atoms with Gasteiger partial charge in [-0.05, 0) is 24.3 Å². The van der Waals surface area contributed by atoms with Gasteiger partial charge in [0.05, 0.1) is 0 Å². The third-order valence-corrected chi connectivity index (χ3v) is 1.62. The van der Waals surface area contributed by atoms with Gasteiger partial charge in [-0.15, -0.1) is 0 Å². The van der Waals surface area contributed by atoms with Gasteiger partial charge < -0.3 is 9.84 Å². The maximum Gasteiger partial charge on any atom is 0.329 e. The van der Waals surface area contributed by atoms with Crippen molar-refractivity contribution in [3.63, 3.8) is 0 Å². The van der Waals surface area contributed by atoms with E-state index >= 15 is 0 Å². The van der Waals surface area contributed by atoms with Gasteiger partial charge in [0.25, 0.3) is 0 Å². The number of ether oxygens (including phenoxy) is 1. The zero-order valence-electron chi connectivity index (χ0n) is 7.77. The molecule has 0 saturated heterocycles. The molecular weight excluding hydrogens is 203 g/mol. The number of aliphatic carboxylic acids is 1. The molecule has 0 amide bonds. The number of hydrogen-bond acceptors (Lipinski definition) is 3. The number of carbonyl (C=O) groups excluding carboxylic acids is 1. The predicted molar refractivity (Wildman–Crippen MR) is 49.2 cm³/mol. The predicted octanol–water partition coefficient (Wildman–Crippen LogP) is 1.11. The SMILES string of the molecule is O=C(O)COCC(=O)c1ccc(F)cc1. The van der Waals surface area contributed by atoms with Gasteiger partial charge in [-0.25, -0.2) is 9.18 Å². The highest BCUT2D eigenvalue weighted by atomic mass is 19.1. The van der Waals surface area contributed by atoms with Crippen molar-refractivity contribution in [3.8, 4) is 0 Å². The first-order valence-corrected chi connectivity index (χ1v) is 4.18. The van der Waals surface area contributed by atoms with E-state index in [1.165, 1.54) is 12.1 Å². The second-order valence-corrected chi connectivity index (χ2v) is 2.82. The van der Waals surface area contributed by atoms with Gasteiger partial charge in [0.2, 0.25) is 0 Å². The number of Topliss-reactive ketones (excluding diaryl/α,β-unsaturated/α-hetero) is 1. The number of benzene rings is 1. The average molecular weight is 212 g/mol. The number of carbonyl (C=O) groups is 2. The molecule has 0 heterocycles. The van der Waals surface area contributed by atoms with E-state index in [4.69, 9.17) is 5.11 Å². The van der Waals surface area contributed by atoms with Crippen LogP contribution in [0.2, 0.25) is 0 Å². The first kappa shape index (κ1) is 11.3. The average Bonchev–Trinajstić information content (AvgIpc) is 2.18.